The first-order valence-electron chi connectivity index (χ1n) is 6.83. The summed E-state index contributed by atoms with van der Waals surface area (Å²) in [6, 6.07) is 15.0. The maximum Gasteiger partial charge on any atom is 0.175 e. The molecule has 0 aliphatic carbocycles. The largest absolute Gasteiger partial charge is 0.397 e. The molecular weight excluding hydrogens is 284 g/mol. The molecule has 112 valence electrons. The highest BCUT2D eigenvalue weighted by molar-refractivity contribution is 7.90. The van der Waals surface area contributed by atoms with Gasteiger partial charge < -0.3 is 11.1 Å². The number of nitrogens with two attached hydrogens (primary N) is 1. The Morgan fingerprint density at radius 2 is 1.81 bits per heavy atom. The highest BCUT2D eigenvalue weighted by atomic mass is 32.2. The normalized spacial score (nSPS) is 12.9. The second-order valence-corrected chi connectivity index (χ2v) is 7.05. The second-order valence-electron chi connectivity index (χ2n) is 5.04. The van der Waals surface area contributed by atoms with Gasteiger partial charge in [-0.15, -0.1) is 0 Å². The summed E-state index contributed by atoms with van der Waals surface area (Å²) >= 11 is 0. The zero-order valence-corrected chi connectivity index (χ0v) is 13.0. The van der Waals surface area contributed by atoms with Crippen LogP contribution in [0.2, 0.25) is 0 Å². The third kappa shape index (κ3) is 3.76. The van der Waals surface area contributed by atoms with Crippen LogP contribution in [0.3, 0.4) is 0 Å². The van der Waals surface area contributed by atoms with Gasteiger partial charge >= 0.3 is 0 Å². The minimum Gasteiger partial charge on any atom is -0.397 e. The van der Waals surface area contributed by atoms with Gasteiger partial charge in [0.1, 0.15) is 0 Å². The highest BCUT2D eigenvalue weighted by Gasteiger charge is 2.13. The first-order chi connectivity index (χ1) is 9.91. The lowest BCUT2D eigenvalue weighted by molar-refractivity contribution is 0.602. The molecule has 2 aromatic rings. The van der Waals surface area contributed by atoms with Crippen LogP contribution in [0, 0.1) is 0 Å². The molecule has 21 heavy (non-hydrogen) atoms. The Labute approximate surface area is 125 Å². The molecule has 0 bridgehead atoms. The van der Waals surface area contributed by atoms with E-state index in [1.807, 2.05) is 18.2 Å². The van der Waals surface area contributed by atoms with Crippen LogP contribution in [0.25, 0.3) is 0 Å². The van der Waals surface area contributed by atoms with Gasteiger partial charge in [-0.1, -0.05) is 37.3 Å². The number of sulfone groups is 1. The van der Waals surface area contributed by atoms with E-state index in [1.54, 1.807) is 12.1 Å². The molecule has 0 radical (unpaired) electrons. The Hall–Kier alpha value is -2.01. The van der Waals surface area contributed by atoms with Crippen LogP contribution in [-0.4, -0.2) is 14.7 Å². The van der Waals surface area contributed by atoms with Gasteiger partial charge in [0.05, 0.1) is 22.3 Å². The fraction of sp³-hybridized carbons (Fsp3) is 0.250. The standard InChI is InChI=1S/C16H20N2O2S/c1-3-15(12-7-5-4-6-8-12)18-16-10-9-13(11-14(16)17)21(2,19)20/h4-11,15,18H,3,17H2,1-2H3. The number of nitrogens with one attached hydrogen (secondary N) is 1. The van der Waals surface area contributed by atoms with Gasteiger partial charge in [0.25, 0.3) is 0 Å². The summed E-state index contributed by atoms with van der Waals surface area (Å²) in [6.07, 6.45) is 2.07. The Bertz CT molecular complexity index is 712. The van der Waals surface area contributed by atoms with Gasteiger partial charge in [-0.05, 0) is 30.2 Å². The van der Waals surface area contributed by atoms with E-state index >= 15 is 0 Å². The van der Waals surface area contributed by atoms with Crippen molar-refractivity contribution in [1.82, 2.24) is 0 Å². The molecule has 2 rings (SSSR count). The number of anilines is 2. The van der Waals surface area contributed by atoms with Gasteiger partial charge in [-0.3, -0.25) is 0 Å². The van der Waals surface area contributed by atoms with Crippen LogP contribution >= 0.6 is 0 Å². The van der Waals surface area contributed by atoms with E-state index in [0.29, 0.717) is 5.69 Å². The van der Waals surface area contributed by atoms with Crippen LogP contribution in [-0.2, 0) is 9.84 Å². The van der Waals surface area contributed by atoms with Crippen LogP contribution in [0.15, 0.2) is 53.4 Å². The van der Waals surface area contributed by atoms with Crippen molar-refractivity contribution in [3.8, 4) is 0 Å². The Morgan fingerprint density at radius 1 is 1.14 bits per heavy atom. The molecule has 4 nitrogen and oxygen atoms in total. The molecule has 0 fully saturated rings. The topological polar surface area (TPSA) is 72.2 Å². The number of hydrogen-bond acceptors (Lipinski definition) is 4. The molecule has 0 heterocycles. The van der Waals surface area contributed by atoms with E-state index in [-0.39, 0.29) is 10.9 Å². The van der Waals surface area contributed by atoms with Crippen molar-refractivity contribution in [2.45, 2.75) is 24.3 Å². The van der Waals surface area contributed by atoms with Gasteiger partial charge in [-0.2, -0.15) is 0 Å². The average molecular weight is 304 g/mol. The Kier molecular flexibility index (Phi) is 4.53. The summed E-state index contributed by atoms with van der Waals surface area (Å²) in [4.78, 5) is 0.235. The van der Waals surface area contributed by atoms with E-state index in [2.05, 4.69) is 24.4 Å². The molecule has 0 saturated carbocycles. The van der Waals surface area contributed by atoms with Gasteiger partial charge in [-0.25, -0.2) is 8.42 Å². The van der Waals surface area contributed by atoms with Crippen LogP contribution < -0.4 is 11.1 Å². The summed E-state index contributed by atoms with van der Waals surface area (Å²) in [7, 11) is -3.24. The number of nitrogen functional groups attached to an aromatic ring is 1. The van der Waals surface area contributed by atoms with Crippen LogP contribution in [0.5, 0.6) is 0 Å². The summed E-state index contributed by atoms with van der Waals surface area (Å²) in [5, 5.41) is 3.37. The lowest BCUT2D eigenvalue weighted by atomic mass is 10.0. The zero-order valence-electron chi connectivity index (χ0n) is 12.2. The molecular formula is C16H20N2O2S. The van der Waals surface area contributed by atoms with Crippen molar-refractivity contribution >= 4 is 21.2 Å². The molecule has 0 aliphatic rings. The predicted molar refractivity (Wildman–Crippen MR) is 87.1 cm³/mol. The van der Waals surface area contributed by atoms with E-state index in [4.69, 9.17) is 5.73 Å². The van der Waals surface area contributed by atoms with Crippen molar-refractivity contribution in [3.05, 3.63) is 54.1 Å². The first kappa shape index (κ1) is 15.4. The SMILES string of the molecule is CCC(Nc1ccc(S(C)(=O)=O)cc1N)c1ccccc1. The molecule has 3 N–H and O–H groups in total. The lowest BCUT2D eigenvalue weighted by Crippen LogP contribution is -2.11. The lowest BCUT2D eigenvalue weighted by Gasteiger charge is -2.20. The van der Waals surface area contributed by atoms with Crippen LogP contribution in [0.1, 0.15) is 24.9 Å². The molecule has 0 spiro atoms. The molecule has 1 unspecified atom stereocenters. The molecule has 5 heteroatoms. The molecule has 0 amide bonds. The first-order valence-corrected chi connectivity index (χ1v) is 8.72. The van der Waals surface area contributed by atoms with Crippen molar-refractivity contribution in [2.75, 3.05) is 17.3 Å². The third-order valence-electron chi connectivity index (χ3n) is 3.39. The number of hydrogen-bond donors (Lipinski definition) is 2. The Balaban J connectivity index is 2.27. The van der Waals surface area contributed by atoms with Crippen molar-refractivity contribution in [2.24, 2.45) is 0 Å². The van der Waals surface area contributed by atoms with E-state index in [0.717, 1.165) is 12.1 Å². The summed E-state index contributed by atoms with van der Waals surface area (Å²) < 4.78 is 23.0. The average Bonchev–Trinajstić information content (AvgIpc) is 2.46. The van der Waals surface area contributed by atoms with E-state index < -0.39 is 9.84 Å². The maximum atomic E-state index is 11.5. The monoisotopic (exact) mass is 304 g/mol. The highest BCUT2D eigenvalue weighted by Crippen LogP contribution is 2.28. The second kappa shape index (κ2) is 6.18. The summed E-state index contributed by atoms with van der Waals surface area (Å²) in [6.45, 7) is 2.09. The van der Waals surface area contributed by atoms with E-state index in [9.17, 15) is 8.42 Å². The quantitative estimate of drug-likeness (QED) is 0.832. The zero-order chi connectivity index (χ0) is 15.5. The van der Waals surface area contributed by atoms with Gasteiger partial charge in [0, 0.05) is 6.26 Å². The van der Waals surface area contributed by atoms with Crippen LogP contribution in [0.4, 0.5) is 11.4 Å². The minimum absolute atomic E-state index is 0.137. The third-order valence-corrected chi connectivity index (χ3v) is 4.50. The summed E-state index contributed by atoms with van der Waals surface area (Å²) in [5.74, 6) is 0. The smallest absolute Gasteiger partial charge is 0.175 e. The molecule has 2 aromatic carbocycles. The van der Waals surface area contributed by atoms with Gasteiger partial charge in [0.2, 0.25) is 0 Å². The van der Waals surface area contributed by atoms with Crippen molar-refractivity contribution in [3.63, 3.8) is 0 Å². The maximum absolute atomic E-state index is 11.5. The van der Waals surface area contributed by atoms with Crippen molar-refractivity contribution in [1.29, 1.82) is 0 Å². The van der Waals surface area contributed by atoms with Crippen molar-refractivity contribution < 1.29 is 8.42 Å². The van der Waals surface area contributed by atoms with Gasteiger partial charge in [0.15, 0.2) is 9.84 Å². The molecule has 0 aromatic heterocycles. The number of rotatable bonds is 5. The summed E-state index contributed by atoms with van der Waals surface area (Å²) in [5.41, 5.74) is 8.33. The fourth-order valence-corrected chi connectivity index (χ4v) is 2.85. The molecule has 1 atom stereocenters. The number of benzene rings is 2. The minimum atomic E-state index is -3.24. The van der Waals surface area contributed by atoms with E-state index in [1.165, 1.54) is 17.9 Å². The predicted octanol–water partition coefficient (Wildman–Crippen LogP) is 3.24. The molecule has 0 saturated heterocycles. The fourth-order valence-electron chi connectivity index (χ4n) is 2.20. The Morgan fingerprint density at radius 3 is 2.33 bits per heavy atom. The molecule has 0 aliphatic heterocycles.